The quantitative estimate of drug-likeness (QED) is 0.810. The van der Waals surface area contributed by atoms with Crippen LogP contribution >= 0.6 is 0 Å². The summed E-state index contributed by atoms with van der Waals surface area (Å²) in [4.78, 5) is 4.80. The van der Waals surface area contributed by atoms with E-state index in [1.54, 1.807) is 13.2 Å². The zero-order valence-electron chi connectivity index (χ0n) is 13.9. The predicted molar refractivity (Wildman–Crippen MR) is 94.0 cm³/mol. The molecule has 3 heterocycles. The number of rotatable bonds is 3. The fraction of sp³-hybridized carbons (Fsp3) is 0.526. The maximum Gasteiger partial charge on any atom is 0.161 e. The molecule has 2 unspecified atom stereocenters. The summed E-state index contributed by atoms with van der Waals surface area (Å²) in [5.74, 6) is 0.669. The second-order valence-electron chi connectivity index (χ2n) is 7.42. The van der Waals surface area contributed by atoms with Gasteiger partial charge in [0.25, 0.3) is 0 Å². The van der Waals surface area contributed by atoms with E-state index < -0.39 is 0 Å². The van der Waals surface area contributed by atoms with E-state index in [2.05, 4.69) is 10.6 Å². The summed E-state index contributed by atoms with van der Waals surface area (Å²) in [6.45, 7) is 0. The number of pyridine rings is 1. The van der Waals surface area contributed by atoms with Crippen LogP contribution in [0.15, 0.2) is 12.1 Å². The van der Waals surface area contributed by atoms with Crippen molar-refractivity contribution < 1.29 is 9.84 Å². The fourth-order valence-corrected chi connectivity index (χ4v) is 4.69. The molecule has 3 fully saturated rings. The van der Waals surface area contributed by atoms with Gasteiger partial charge in [-0.2, -0.15) is 0 Å². The number of piperidine rings is 1. The van der Waals surface area contributed by atoms with E-state index >= 15 is 0 Å². The first-order valence-corrected chi connectivity index (χ1v) is 8.96. The highest BCUT2D eigenvalue weighted by Crippen LogP contribution is 2.40. The van der Waals surface area contributed by atoms with Gasteiger partial charge >= 0.3 is 0 Å². The monoisotopic (exact) mass is 325 g/mol. The molecule has 0 amide bonds. The van der Waals surface area contributed by atoms with Gasteiger partial charge in [0, 0.05) is 41.0 Å². The number of nitrogens with one attached hydrogen (secondary N) is 2. The Morgan fingerprint density at radius 3 is 2.75 bits per heavy atom. The fourth-order valence-electron chi connectivity index (χ4n) is 4.69. The van der Waals surface area contributed by atoms with Gasteiger partial charge in [-0.25, -0.2) is 0 Å². The Morgan fingerprint density at radius 1 is 1.21 bits per heavy atom. The van der Waals surface area contributed by atoms with Gasteiger partial charge < -0.3 is 20.5 Å². The number of nitrogens with zero attached hydrogens (tertiary/aromatic N) is 1. The van der Waals surface area contributed by atoms with Crippen molar-refractivity contribution in [2.24, 2.45) is 0 Å². The minimum Gasteiger partial charge on any atom is -0.504 e. The highest BCUT2D eigenvalue weighted by atomic mass is 16.5. The van der Waals surface area contributed by atoms with Gasteiger partial charge in [0.1, 0.15) is 0 Å². The number of phenols is 1. The van der Waals surface area contributed by atoms with Gasteiger partial charge in [-0.1, -0.05) is 0 Å². The van der Waals surface area contributed by atoms with Gasteiger partial charge in [-0.3, -0.25) is 4.98 Å². The second kappa shape index (κ2) is 5.24. The lowest BCUT2D eigenvalue weighted by molar-refractivity contribution is 0.170. The molecule has 2 bridgehead atoms. The average molecular weight is 325 g/mol. The number of hydrogen-bond acceptors (Lipinski definition) is 5. The highest BCUT2D eigenvalue weighted by molar-refractivity contribution is 5.96. The van der Waals surface area contributed by atoms with Gasteiger partial charge in [0.05, 0.1) is 12.6 Å². The molecule has 2 aromatic rings. The van der Waals surface area contributed by atoms with Crippen molar-refractivity contribution in [2.45, 2.75) is 56.7 Å². The Hall–Kier alpha value is -2.01. The van der Waals surface area contributed by atoms with Crippen LogP contribution in [-0.2, 0) is 12.8 Å². The van der Waals surface area contributed by atoms with E-state index in [9.17, 15) is 5.11 Å². The Balaban J connectivity index is 1.61. The minimum absolute atomic E-state index is 0.157. The third-order valence-electron chi connectivity index (χ3n) is 5.84. The lowest BCUT2D eigenvalue weighted by atomic mass is 9.79. The molecule has 1 aromatic carbocycles. The van der Waals surface area contributed by atoms with Gasteiger partial charge in [0.15, 0.2) is 11.5 Å². The molecule has 1 saturated carbocycles. The molecule has 5 nitrogen and oxygen atoms in total. The molecule has 4 aliphatic rings. The number of benzene rings is 1. The molecular formula is C19H23N3O2. The number of ether oxygens (including phenoxy) is 1. The Kier molecular flexibility index (Phi) is 3.13. The topological polar surface area (TPSA) is 66.4 Å². The minimum atomic E-state index is 0.157. The third-order valence-corrected chi connectivity index (χ3v) is 5.84. The Morgan fingerprint density at radius 2 is 2.00 bits per heavy atom. The lowest BCUT2D eigenvalue weighted by Gasteiger charge is -2.47. The molecule has 1 aromatic heterocycles. The first-order chi connectivity index (χ1) is 11.7. The summed E-state index contributed by atoms with van der Waals surface area (Å²) in [6.07, 6.45) is 6.98. The standard InChI is InChI=1S/C19H23N3O2/c1-24-18-8-14-16(9-17(18)23)22-15-4-2-3-13(15)19(14)21-12-6-10-5-11(7-12)20-10/h8-12,20,23H,2-7H2,1H3,(H,21,22). The number of aromatic nitrogens is 1. The Bertz CT molecular complexity index is 804. The van der Waals surface area contributed by atoms with Gasteiger partial charge in [-0.05, 0) is 50.2 Å². The maximum absolute atomic E-state index is 10.1. The van der Waals surface area contributed by atoms with E-state index in [1.165, 1.54) is 36.2 Å². The molecule has 3 N–H and O–H groups in total. The summed E-state index contributed by atoms with van der Waals surface area (Å²) >= 11 is 0. The average Bonchev–Trinajstić information content (AvgIpc) is 3.02. The SMILES string of the molecule is COc1cc2c(NC3CC4CC(C3)N4)c3c(nc2cc1O)CCC3. The summed E-state index contributed by atoms with van der Waals surface area (Å²) in [6, 6.07) is 5.55. The molecule has 0 spiro atoms. The van der Waals surface area contributed by atoms with Crippen LogP contribution in [0.1, 0.15) is 36.9 Å². The molecule has 5 heteroatoms. The van der Waals surface area contributed by atoms with E-state index in [1.807, 2.05) is 6.07 Å². The summed E-state index contributed by atoms with van der Waals surface area (Å²) in [5, 5.41) is 18.6. The smallest absolute Gasteiger partial charge is 0.161 e. The van der Waals surface area contributed by atoms with E-state index in [4.69, 9.17) is 9.72 Å². The molecule has 126 valence electrons. The number of anilines is 1. The van der Waals surface area contributed by atoms with Gasteiger partial charge in [-0.15, -0.1) is 0 Å². The van der Waals surface area contributed by atoms with Crippen LogP contribution in [0, 0.1) is 0 Å². The van der Waals surface area contributed by atoms with Crippen molar-refractivity contribution in [2.75, 3.05) is 12.4 Å². The molecule has 2 atom stereocenters. The molecule has 0 radical (unpaired) electrons. The number of methoxy groups -OCH3 is 1. The van der Waals surface area contributed by atoms with Crippen LogP contribution in [0.3, 0.4) is 0 Å². The van der Waals surface area contributed by atoms with Crippen LogP contribution in [0.2, 0.25) is 0 Å². The van der Waals surface area contributed by atoms with Crippen molar-refractivity contribution in [1.82, 2.24) is 10.3 Å². The van der Waals surface area contributed by atoms with Crippen LogP contribution < -0.4 is 15.4 Å². The van der Waals surface area contributed by atoms with Crippen LogP contribution in [0.25, 0.3) is 10.9 Å². The normalized spacial score (nSPS) is 27.6. The van der Waals surface area contributed by atoms with Crippen molar-refractivity contribution in [3.05, 3.63) is 23.4 Å². The summed E-state index contributed by atoms with van der Waals surface area (Å²) in [5.41, 5.74) is 4.63. The highest BCUT2D eigenvalue weighted by Gasteiger charge is 2.38. The summed E-state index contributed by atoms with van der Waals surface area (Å²) in [7, 11) is 1.59. The number of aromatic hydroxyl groups is 1. The molecule has 2 aliphatic heterocycles. The van der Waals surface area contributed by atoms with Gasteiger partial charge in [0.2, 0.25) is 0 Å². The number of aryl methyl sites for hydroxylation is 1. The second-order valence-corrected chi connectivity index (χ2v) is 7.42. The molecule has 24 heavy (non-hydrogen) atoms. The predicted octanol–water partition coefficient (Wildman–Crippen LogP) is 2.74. The van der Waals surface area contributed by atoms with Crippen molar-refractivity contribution >= 4 is 16.6 Å². The number of hydrogen-bond donors (Lipinski definition) is 3. The Labute approximate surface area is 141 Å². The zero-order valence-corrected chi connectivity index (χ0v) is 13.9. The van der Waals surface area contributed by atoms with E-state index in [0.717, 1.165) is 30.2 Å². The van der Waals surface area contributed by atoms with Crippen LogP contribution in [0.4, 0.5) is 5.69 Å². The van der Waals surface area contributed by atoms with Crippen molar-refractivity contribution in [3.63, 3.8) is 0 Å². The van der Waals surface area contributed by atoms with Crippen LogP contribution in [0.5, 0.6) is 11.5 Å². The molecular weight excluding hydrogens is 302 g/mol. The number of phenolic OH excluding ortho intramolecular Hbond substituents is 1. The molecule has 2 saturated heterocycles. The van der Waals surface area contributed by atoms with Crippen molar-refractivity contribution in [3.8, 4) is 11.5 Å². The van der Waals surface area contributed by atoms with E-state index in [-0.39, 0.29) is 5.75 Å². The zero-order chi connectivity index (χ0) is 16.3. The van der Waals surface area contributed by atoms with Crippen LogP contribution in [-0.4, -0.2) is 35.3 Å². The summed E-state index contributed by atoms with van der Waals surface area (Å²) < 4.78 is 5.33. The molecule has 2 aliphatic carbocycles. The third kappa shape index (κ3) is 2.14. The largest absolute Gasteiger partial charge is 0.504 e. The first-order valence-electron chi connectivity index (χ1n) is 8.96. The molecule has 6 rings (SSSR count). The van der Waals surface area contributed by atoms with E-state index in [0.29, 0.717) is 23.9 Å². The number of fused-ring (bicyclic) bond motifs is 4. The van der Waals surface area contributed by atoms with Crippen molar-refractivity contribution in [1.29, 1.82) is 0 Å². The first kappa shape index (κ1) is 14.3. The lowest BCUT2D eigenvalue weighted by Crippen LogP contribution is -2.60. The maximum atomic E-state index is 10.1.